The molecule has 0 saturated carbocycles. The van der Waals surface area contributed by atoms with Crippen LogP contribution in [0.25, 0.3) is 0 Å². The summed E-state index contributed by atoms with van der Waals surface area (Å²) in [5.74, 6) is -0.846. The van der Waals surface area contributed by atoms with Crippen LogP contribution in [-0.4, -0.2) is 18.5 Å². The Hall–Kier alpha value is -2.36. The Morgan fingerprint density at radius 2 is 2.08 bits per heavy atom. The predicted molar refractivity (Wildman–Crippen MR) is 89.8 cm³/mol. The van der Waals surface area contributed by atoms with E-state index in [1.807, 2.05) is 50.3 Å². The maximum Gasteiger partial charge on any atom is 0.318 e. The number of cyclic esters (lactones) is 1. The van der Waals surface area contributed by atoms with Crippen LogP contribution < -0.4 is 0 Å². The molecule has 0 radical (unpaired) electrons. The van der Waals surface area contributed by atoms with Crippen LogP contribution in [0.15, 0.2) is 53.8 Å². The van der Waals surface area contributed by atoms with Gasteiger partial charge < -0.3 is 9.47 Å². The fraction of sp³-hybridized carbons (Fsp3) is 0.400. The Kier molecular flexibility index (Phi) is 4.84. The van der Waals surface area contributed by atoms with Crippen molar-refractivity contribution in [3.63, 3.8) is 0 Å². The first-order valence-electron chi connectivity index (χ1n) is 8.33. The molecule has 1 aliphatic carbocycles. The number of rotatable bonds is 5. The molecule has 2 aliphatic rings. The average molecular weight is 326 g/mol. The maximum atomic E-state index is 12.2. The summed E-state index contributed by atoms with van der Waals surface area (Å²) in [6.45, 7) is 4.00. The van der Waals surface area contributed by atoms with Gasteiger partial charge in [-0.15, -0.1) is 0 Å². The van der Waals surface area contributed by atoms with Gasteiger partial charge in [0.15, 0.2) is 0 Å². The number of fused-ring (bicyclic) bond motifs is 1. The first-order valence-corrected chi connectivity index (χ1v) is 8.33. The van der Waals surface area contributed by atoms with Crippen molar-refractivity contribution in [3.8, 4) is 0 Å². The number of hydrogen-bond donors (Lipinski definition) is 0. The maximum absolute atomic E-state index is 12.2. The Balaban J connectivity index is 1.55. The first kappa shape index (κ1) is 16.5. The fourth-order valence-electron chi connectivity index (χ4n) is 3.37. The van der Waals surface area contributed by atoms with Gasteiger partial charge in [0.05, 0.1) is 18.1 Å². The van der Waals surface area contributed by atoms with Gasteiger partial charge in [-0.25, -0.2) is 0 Å². The van der Waals surface area contributed by atoms with E-state index in [0.29, 0.717) is 6.42 Å². The summed E-state index contributed by atoms with van der Waals surface area (Å²) in [4.78, 5) is 24.2. The Morgan fingerprint density at radius 1 is 1.33 bits per heavy atom. The Bertz CT molecular complexity index is 687. The van der Waals surface area contributed by atoms with Gasteiger partial charge in [0.25, 0.3) is 0 Å². The van der Waals surface area contributed by atoms with E-state index < -0.39 is 0 Å². The van der Waals surface area contributed by atoms with Crippen LogP contribution in [0.4, 0.5) is 0 Å². The van der Waals surface area contributed by atoms with Crippen molar-refractivity contribution in [3.05, 3.63) is 59.4 Å². The van der Waals surface area contributed by atoms with E-state index in [1.54, 1.807) is 0 Å². The smallest absolute Gasteiger partial charge is 0.318 e. The Labute approximate surface area is 142 Å². The van der Waals surface area contributed by atoms with Gasteiger partial charge >= 0.3 is 11.9 Å². The van der Waals surface area contributed by atoms with Crippen molar-refractivity contribution < 1.29 is 19.1 Å². The van der Waals surface area contributed by atoms with Crippen molar-refractivity contribution in [2.24, 2.45) is 17.8 Å². The van der Waals surface area contributed by atoms with Crippen molar-refractivity contribution in [2.45, 2.75) is 26.7 Å². The topological polar surface area (TPSA) is 52.6 Å². The number of ether oxygens (including phenoxy) is 2. The number of carbonyl (C=O) groups is 2. The summed E-state index contributed by atoms with van der Waals surface area (Å²) in [6.07, 6.45) is 4.99. The van der Waals surface area contributed by atoms with Crippen molar-refractivity contribution in [1.29, 1.82) is 0 Å². The van der Waals surface area contributed by atoms with E-state index >= 15 is 0 Å². The number of hydrogen-bond acceptors (Lipinski definition) is 4. The van der Waals surface area contributed by atoms with Crippen molar-refractivity contribution >= 4 is 11.9 Å². The standard InChI is InChI=1S/C20H22O4/c1-13(10-15-6-4-3-5-7-15)19(21)24-12-16-8-9-17-14(2)11-23-20(22)18(16)17/h3-8,11,13,17-18H,9-10,12H2,1-2H3/t13-,17+,18+/m0/s1. The molecule has 0 aromatic heterocycles. The van der Waals surface area contributed by atoms with Crippen LogP contribution in [-0.2, 0) is 25.5 Å². The normalized spacial score (nSPS) is 23.7. The first-order chi connectivity index (χ1) is 11.6. The van der Waals surface area contributed by atoms with Gasteiger partial charge in [0.1, 0.15) is 6.61 Å². The highest BCUT2D eigenvalue weighted by molar-refractivity contribution is 5.80. The molecule has 0 fully saturated rings. The van der Waals surface area contributed by atoms with E-state index in [9.17, 15) is 9.59 Å². The molecule has 24 heavy (non-hydrogen) atoms. The van der Waals surface area contributed by atoms with Gasteiger partial charge in [-0.1, -0.05) is 43.3 Å². The molecule has 0 unspecified atom stereocenters. The molecule has 126 valence electrons. The van der Waals surface area contributed by atoms with Crippen LogP contribution in [0.1, 0.15) is 25.8 Å². The summed E-state index contributed by atoms with van der Waals surface area (Å²) in [5, 5.41) is 0. The zero-order chi connectivity index (χ0) is 17.1. The third-order valence-corrected chi connectivity index (χ3v) is 4.80. The quantitative estimate of drug-likeness (QED) is 0.614. The van der Waals surface area contributed by atoms with E-state index in [2.05, 4.69) is 0 Å². The van der Waals surface area contributed by atoms with E-state index in [4.69, 9.17) is 9.47 Å². The van der Waals surface area contributed by atoms with E-state index in [-0.39, 0.29) is 36.3 Å². The van der Waals surface area contributed by atoms with E-state index in [0.717, 1.165) is 23.1 Å². The third kappa shape index (κ3) is 3.42. The molecule has 0 saturated heterocycles. The summed E-state index contributed by atoms with van der Waals surface area (Å²) >= 11 is 0. The summed E-state index contributed by atoms with van der Waals surface area (Å²) in [7, 11) is 0. The average Bonchev–Trinajstić information content (AvgIpc) is 3.02. The van der Waals surface area contributed by atoms with Gasteiger partial charge in [-0.2, -0.15) is 0 Å². The summed E-state index contributed by atoms with van der Waals surface area (Å²) in [5.41, 5.74) is 3.03. The highest BCUT2D eigenvalue weighted by Crippen LogP contribution is 2.40. The molecule has 4 nitrogen and oxygen atoms in total. The molecule has 4 heteroatoms. The fourth-order valence-corrected chi connectivity index (χ4v) is 3.37. The lowest BCUT2D eigenvalue weighted by Gasteiger charge is -2.25. The highest BCUT2D eigenvalue weighted by atomic mass is 16.5. The minimum atomic E-state index is -0.299. The van der Waals surface area contributed by atoms with Crippen LogP contribution >= 0.6 is 0 Å². The van der Waals surface area contributed by atoms with Gasteiger partial charge in [-0.3, -0.25) is 9.59 Å². The number of allylic oxidation sites excluding steroid dienone is 2. The predicted octanol–water partition coefficient (Wildman–Crippen LogP) is 3.43. The zero-order valence-corrected chi connectivity index (χ0v) is 14.0. The molecule has 0 N–H and O–H groups in total. The molecule has 3 rings (SSSR count). The summed E-state index contributed by atoms with van der Waals surface area (Å²) < 4.78 is 10.5. The molecular weight excluding hydrogens is 304 g/mol. The number of benzene rings is 1. The van der Waals surface area contributed by atoms with Crippen molar-refractivity contribution in [2.75, 3.05) is 6.61 Å². The SMILES string of the molecule is CC1=COC(=O)[C@@H]2C(COC(=O)[C@@H](C)Cc3ccccc3)=CC[C@H]12. The molecular formula is C20H22O4. The molecule has 1 heterocycles. The number of carbonyl (C=O) groups excluding carboxylic acids is 2. The van der Waals surface area contributed by atoms with Gasteiger partial charge in [-0.05, 0) is 36.5 Å². The monoisotopic (exact) mass is 326 g/mol. The molecule has 0 spiro atoms. The summed E-state index contributed by atoms with van der Waals surface area (Å²) in [6, 6.07) is 9.88. The van der Waals surface area contributed by atoms with Crippen LogP contribution in [0.3, 0.4) is 0 Å². The van der Waals surface area contributed by atoms with Gasteiger partial charge in [0.2, 0.25) is 0 Å². The minimum absolute atomic E-state index is 0.154. The van der Waals surface area contributed by atoms with Crippen LogP contribution in [0, 0.1) is 17.8 Å². The molecule has 1 aromatic carbocycles. The van der Waals surface area contributed by atoms with Gasteiger partial charge in [0, 0.05) is 5.92 Å². The minimum Gasteiger partial charge on any atom is -0.461 e. The van der Waals surface area contributed by atoms with Crippen LogP contribution in [0.5, 0.6) is 0 Å². The van der Waals surface area contributed by atoms with Crippen LogP contribution in [0.2, 0.25) is 0 Å². The molecule has 0 bridgehead atoms. The largest absolute Gasteiger partial charge is 0.461 e. The lowest BCUT2D eigenvalue weighted by atomic mass is 9.85. The number of esters is 2. The second-order valence-corrected chi connectivity index (χ2v) is 6.60. The third-order valence-electron chi connectivity index (χ3n) is 4.80. The highest BCUT2D eigenvalue weighted by Gasteiger charge is 2.40. The molecule has 0 amide bonds. The molecule has 3 atom stereocenters. The van der Waals surface area contributed by atoms with Crippen molar-refractivity contribution in [1.82, 2.24) is 0 Å². The Morgan fingerprint density at radius 3 is 2.83 bits per heavy atom. The molecule has 1 aliphatic heterocycles. The second-order valence-electron chi connectivity index (χ2n) is 6.60. The molecule has 1 aromatic rings. The van der Waals surface area contributed by atoms with E-state index in [1.165, 1.54) is 6.26 Å². The zero-order valence-electron chi connectivity index (χ0n) is 14.0. The lowest BCUT2D eigenvalue weighted by Crippen LogP contribution is -2.29. The second kappa shape index (κ2) is 7.04. The lowest BCUT2D eigenvalue weighted by molar-refractivity contribution is -0.149.